The Balaban J connectivity index is 2.93. The second-order valence-electron chi connectivity index (χ2n) is 3.84. The monoisotopic (exact) mass is 280 g/mol. The molecule has 0 radical (unpaired) electrons. The van der Waals surface area contributed by atoms with E-state index in [-0.39, 0.29) is 5.56 Å². The lowest BCUT2D eigenvalue weighted by atomic mass is 10.0. The van der Waals surface area contributed by atoms with Gasteiger partial charge >= 0.3 is 5.97 Å². The molecule has 0 unspecified atom stereocenters. The zero-order chi connectivity index (χ0) is 15.0. The maximum atomic E-state index is 13.8. The number of allylic oxidation sites excluding steroid dienone is 1. The first-order chi connectivity index (χ1) is 9.63. The number of aliphatic imine (C=N–C) groups is 1. The van der Waals surface area contributed by atoms with Crippen LogP contribution < -0.4 is 5.73 Å². The largest absolute Gasteiger partial charge is 0.465 e. The summed E-state index contributed by atoms with van der Waals surface area (Å²) in [6.07, 6.45) is 2.86. The van der Waals surface area contributed by atoms with Gasteiger partial charge in [0.15, 0.2) is 0 Å². The highest BCUT2D eigenvalue weighted by Crippen LogP contribution is 2.17. The van der Waals surface area contributed by atoms with E-state index in [0.29, 0.717) is 24.3 Å². The van der Waals surface area contributed by atoms with Gasteiger partial charge in [0.05, 0.1) is 25.8 Å². The number of nitrogens with zero attached hydrogens (tertiary/aromatic N) is 1. The van der Waals surface area contributed by atoms with Crippen molar-refractivity contribution < 1.29 is 18.7 Å². The van der Waals surface area contributed by atoms with Gasteiger partial charge in [-0.15, -0.1) is 0 Å². The van der Waals surface area contributed by atoms with E-state index < -0.39 is 11.8 Å². The minimum absolute atomic E-state index is 0.121. The zero-order valence-electron chi connectivity index (χ0n) is 11.4. The van der Waals surface area contributed by atoms with Crippen LogP contribution in [0.15, 0.2) is 29.4 Å². The first-order valence-electron chi connectivity index (χ1n) is 5.93. The van der Waals surface area contributed by atoms with Crippen molar-refractivity contribution in [1.29, 1.82) is 0 Å². The number of methoxy groups -OCH3 is 2. The fourth-order valence-corrected chi connectivity index (χ4v) is 1.49. The Labute approximate surface area is 116 Å². The second kappa shape index (κ2) is 8.06. The van der Waals surface area contributed by atoms with Crippen LogP contribution in [0.1, 0.15) is 15.9 Å². The van der Waals surface area contributed by atoms with Crippen molar-refractivity contribution in [2.45, 2.75) is 0 Å². The van der Waals surface area contributed by atoms with Crippen molar-refractivity contribution in [1.82, 2.24) is 0 Å². The number of carbonyl (C=O) groups is 1. The lowest BCUT2D eigenvalue weighted by Crippen LogP contribution is -2.05. The predicted octanol–water partition coefficient (Wildman–Crippen LogP) is 1.63. The molecule has 0 spiro atoms. The van der Waals surface area contributed by atoms with E-state index in [0.717, 1.165) is 0 Å². The SMILES string of the molecule is COCCN=CC(=CN)c1ccc(C(=O)OC)c(F)c1. The van der Waals surface area contributed by atoms with E-state index in [2.05, 4.69) is 9.73 Å². The number of hydrogen-bond acceptors (Lipinski definition) is 5. The van der Waals surface area contributed by atoms with E-state index in [1.54, 1.807) is 13.2 Å². The molecule has 5 nitrogen and oxygen atoms in total. The highest BCUT2D eigenvalue weighted by molar-refractivity contribution is 6.09. The van der Waals surface area contributed by atoms with Crippen LogP contribution in [0.25, 0.3) is 5.57 Å². The molecule has 0 heterocycles. The van der Waals surface area contributed by atoms with Crippen molar-refractivity contribution in [2.24, 2.45) is 10.7 Å². The first kappa shape index (κ1) is 15.8. The van der Waals surface area contributed by atoms with Gasteiger partial charge in [-0.3, -0.25) is 4.99 Å². The maximum absolute atomic E-state index is 13.8. The molecule has 20 heavy (non-hydrogen) atoms. The Bertz CT molecular complexity index is 527. The predicted molar refractivity (Wildman–Crippen MR) is 75.1 cm³/mol. The van der Waals surface area contributed by atoms with Crippen LogP contribution in [0.3, 0.4) is 0 Å². The number of carbonyl (C=O) groups excluding carboxylic acids is 1. The Morgan fingerprint density at radius 1 is 1.45 bits per heavy atom. The molecule has 0 saturated carbocycles. The molecule has 0 fully saturated rings. The number of nitrogens with two attached hydrogens (primary N) is 1. The smallest absolute Gasteiger partial charge is 0.340 e. The van der Waals surface area contributed by atoms with Gasteiger partial charge < -0.3 is 15.2 Å². The molecule has 108 valence electrons. The molecule has 0 atom stereocenters. The Morgan fingerprint density at radius 3 is 2.75 bits per heavy atom. The minimum Gasteiger partial charge on any atom is -0.465 e. The lowest BCUT2D eigenvalue weighted by molar-refractivity contribution is 0.0595. The van der Waals surface area contributed by atoms with Gasteiger partial charge in [-0.2, -0.15) is 0 Å². The van der Waals surface area contributed by atoms with E-state index in [9.17, 15) is 9.18 Å². The van der Waals surface area contributed by atoms with Gasteiger partial charge in [0, 0.05) is 25.1 Å². The average Bonchev–Trinajstić information content (AvgIpc) is 2.46. The number of hydrogen-bond donors (Lipinski definition) is 1. The molecule has 0 saturated heterocycles. The van der Waals surface area contributed by atoms with Crippen LogP contribution in [-0.2, 0) is 9.47 Å². The summed E-state index contributed by atoms with van der Waals surface area (Å²) in [4.78, 5) is 15.4. The third-order valence-electron chi connectivity index (χ3n) is 2.54. The number of halogens is 1. The summed E-state index contributed by atoms with van der Waals surface area (Å²) >= 11 is 0. The quantitative estimate of drug-likeness (QED) is 0.488. The molecule has 1 aromatic rings. The van der Waals surface area contributed by atoms with Gasteiger partial charge in [0.1, 0.15) is 5.82 Å². The molecular weight excluding hydrogens is 263 g/mol. The van der Waals surface area contributed by atoms with Gasteiger partial charge in [0.2, 0.25) is 0 Å². The molecule has 1 aromatic carbocycles. The fraction of sp³-hybridized carbons (Fsp3) is 0.286. The molecule has 2 N–H and O–H groups in total. The van der Waals surface area contributed by atoms with Gasteiger partial charge in [-0.1, -0.05) is 6.07 Å². The summed E-state index contributed by atoms with van der Waals surface area (Å²) in [6.45, 7) is 0.973. The number of ether oxygens (including phenoxy) is 2. The van der Waals surface area contributed by atoms with Crippen LogP contribution in [0.2, 0.25) is 0 Å². The second-order valence-corrected chi connectivity index (χ2v) is 3.84. The van der Waals surface area contributed by atoms with E-state index >= 15 is 0 Å². The van der Waals surface area contributed by atoms with Crippen molar-refractivity contribution >= 4 is 17.8 Å². The van der Waals surface area contributed by atoms with Crippen LogP contribution in [0.4, 0.5) is 4.39 Å². The van der Waals surface area contributed by atoms with Crippen LogP contribution in [0, 0.1) is 5.82 Å². The normalized spacial score (nSPS) is 11.8. The lowest BCUT2D eigenvalue weighted by Gasteiger charge is -2.05. The summed E-state index contributed by atoms with van der Waals surface area (Å²) < 4.78 is 23.1. The Hall–Kier alpha value is -2.21. The average molecular weight is 280 g/mol. The number of esters is 1. The summed E-state index contributed by atoms with van der Waals surface area (Å²) in [5, 5.41) is 0. The zero-order valence-corrected chi connectivity index (χ0v) is 11.4. The number of rotatable bonds is 6. The van der Waals surface area contributed by atoms with Crippen molar-refractivity contribution in [3.63, 3.8) is 0 Å². The third-order valence-corrected chi connectivity index (χ3v) is 2.54. The van der Waals surface area contributed by atoms with Crippen LogP contribution in [0.5, 0.6) is 0 Å². The molecule has 0 aliphatic heterocycles. The Kier molecular flexibility index (Phi) is 6.39. The number of benzene rings is 1. The third kappa shape index (κ3) is 4.17. The van der Waals surface area contributed by atoms with Crippen LogP contribution >= 0.6 is 0 Å². The van der Waals surface area contributed by atoms with E-state index in [1.807, 2.05) is 0 Å². The topological polar surface area (TPSA) is 73.9 Å². The molecule has 0 amide bonds. The molecule has 1 rings (SSSR count). The van der Waals surface area contributed by atoms with Gasteiger partial charge in [0.25, 0.3) is 0 Å². The standard InChI is InChI=1S/C14H17FN2O3/c1-19-6-5-17-9-11(8-16)10-3-4-12(13(15)7-10)14(18)20-2/h3-4,7-9H,5-6,16H2,1-2H3. The van der Waals surface area contributed by atoms with Gasteiger partial charge in [-0.05, 0) is 17.7 Å². The summed E-state index contributed by atoms with van der Waals surface area (Å²) in [7, 11) is 2.78. The first-order valence-corrected chi connectivity index (χ1v) is 5.93. The highest BCUT2D eigenvalue weighted by atomic mass is 19.1. The van der Waals surface area contributed by atoms with Gasteiger partial charge in [-0.25, -0.2) is 9.18 Å². The van der Waals surface area contributed by atoms with Crippen molar-refractivity contribution in [2.75, 3.05) is 27.4 Å². The maximum Gasteiger partial charge on any atom is 0.340 e. The molecular formula is C14H17FN2O3. The summed E-state index contributed by atoms with van der Waals surface area (Å²) in [5.41, 5.74) is 6.45. The Morgan fingerprint density at radius 2 is 2.20 bits per heavy atom. The van der Waals surface area contributed by atoms with Crippen molar-refractivity contribution in [3.05, 3.63) is 41.3 Å². The van der Waals surface area contributed by atoms with Crippen LogP contribution in [-0.4, -0.2) is 39.6 Å². The molecule has 6 heteroatoms. The van der Waals surface area contributed by atoms with E-state index in [1.165, 1.54) is 31.7 Å². The molecule has 0 bridgehead atoms. The summed E-state index contributed by atoms with van der Waals surface area (Å²) in [5.74, 6) is -1.39. The molecule has 0 aliphatic rings. The van der Waals surface area contributed by atoms with Crippen molar-refractivity contribution in [3.8, 4) is 0 Å². The van der Waals surface area contributed by atoms with E-state index in [4.69, 9.17) is 10.5 Å². The summed E-state index contributed by atoms with van der Waals surface area (Å²) in [6, 6.07) is 4.15. The molecule has 0 aromatic heterocycles. The fourth-order valence-electron chi connectivity index (χ4n) is 1.49. The highest BCUT2D eigenvalue weighted by Gasteiger charge is 2.13. The minimum atomic E-state index is -0.721. The molecule has 0 aliphatic carbocycles.